The van der Waals surface area contributed by atoms with E-state index in [1.165, 1.54) is 18.2 Å². The van der Waals surface area contributed by atoms with E-state index in [1.807, 2.05) is 6.07 Å². The highest BCUT2D eigenvalue weighted by molar-refractivity contribution is 9.10. The van der Waals surface area contributed by atoms with Crippen molar-refractivity contribution in [1.29, 1.82) is 5.26 Å². The van der Waals surface area contributed by atoms with Crippen molar-refractivity contribution >= 4 is 61.5 Å². The number of benzene rings is 2. The van der Waals surface area contributed by atoms with Gasteiger partial charge in [-0.05, 0) is 54.6 Å². The maximum atomic E-state index is 13.1. The van der Waals surface area contributed by atoms with E-state index < -0.39 is 17.4 Å². The molecule has 0 unspecified atom stereocenters. The Labute approximate surface area is 224 Å². The van der Waals surface area contributed by atoms with E-state index in [4.69, 9.17) is 20.4 Å². The SMILES string of the molecule is N#CC(=Cc1ccc(-c2cc(C(F)(F)F)ccc2Cl)o1)c1nc(-c2cc3cc(Br)ccc3oc2=O)cs1. The summed E-state index contributed by atoms with van der Waals surface area (Å²) >= 11 is 10.6. The molecule has 0 saturated heterocycles. The van der Waals surface area contributed by atoms with Gasteiger partial charge in [0.1, 0.15) is 28.2 Å². The molecule has 0 bridgehead atoms. The first-order valence-corrected chi connectivity index (χ1v) is 12.5. The average molecular weight is 604 g/mol. The van der Waals surface area contributed by atoms with Crippen LogP contribution in [0.1, 0.15) is 16.3 Å². The quantitative estimate of drug-likeness (QED) is 0.152. The Morgan fingerprint density at radius 3 is 2.65 bits per heavy atom. The number of furan rings is 1. The molecule has 2 aromatic carbocycles. The second-order valence-electron chi connectivity index (χ2n) is 7.73. The molecule has 0 saturated carbocycles. The average Bonchev–Trinajstić information content (AvgIpc) is 3.52. The van der Waals surface area contributed by atoms with Gasteiger partial charge in [-0.3, -0.25) is 0 Å². The summed E-state index contributed by atoms with van der Waals surface area (Å²) in [6.07, 6.45) is -3.13. The largest absolute Gasteiger partial charge is 0.457 e. The summed E-state index contributed by atoms with van der Waals surface area (Å²) in [5.41, 5.74) is -0.208. The lowest BCUT2D eigenvalue weighted by molar-refractivity contribution is -0.137. The van der Waals surface area contributed by atoms with Crippen LogP contribution in [0.15, 0.2) is 78.1 Å². The number of hydrogen-bond acceptors (Lipinski definition) is 6. The van der Waals surface area contributed by atoms with Crippen LogP contribution < -0.4 is 5.63 Å². The number of thiazole rings is 1. The van der Waals surface area contributed by atoms with Crippen LogP contribution in [-0.4, -0.2) is 4.98 Å². The molecule has 3 heterocycles. The van der Waals surface area contributed by atoms with E-state index in [2.05, 4.69) is 20.9 Å². The summed E-state index contributed by atoms with van der Waals surface area (Å²) in [6.45, 7) is 0. The number of rotatable bonds is 4. The number of alkyl halides is 3. The van der Waals surface area contributed by atoms with Crippen LogP contribution in [0.4, 0.5) is 13.2 Å². The number of nitriles is 1. The van der Waals surface area contributed by atoms with Gasteiger partial charge in [0.15, 0.2) is 0 Å². The fourth-order valence-corrected chi connectivity index (χ4v) is 4.92. The molecule has 3 aromatic heterocycles. The Morgan fingerprint density at radius 2 is 1.89 bits per heavy atom. The molecule has 11 heteroatoms. The van der Waals surface area contributed by atoms with Gasteiger partial charge in [0.05, 0.1) is 27.4 Å². The fourth-order valence-electron chi connectivity index (χ4n) is 3.54. The third-order valence-corrected chi connectivity index (χ3v) is 7.00. The number of nitrogens with zero attached hydrogens (tertiary/aromatic N) is 2. The maximum Gasteiger partial charge on any atom is 0.416 e. The van der Waals surface area contributed by atoms with E-state index in [0.29, 0.717) is 21.7 Å². The van der Waals surface area contributed by atoms with Crippen LogP contribution in [0.2, 0.25) is 5.02 Å². The number of aromatic nitrogens is 1. The fraction of sp³-hybridized carbons (Fsp3) is 0.0385. The van der Waals surface area contributed by atoms with Gasteiger partial charge in [-0.1, -0.05) is 27.5 Å². The van der Waals surface area contributed by atoms with E-state index in [0.717, 1.165) is 34.0 Å². The molecule has 0 aliphatic rings. The summed E-state index contributed by atoms with van der Waals surface area (Å²) < 4.78 is 51.2. The van der Waals surface area contributed by atoms with Crippen LogP contribution in [0.5, 0.6) is 0 Å². The van der Waals surface area contributed by atoms with Crippen molar-refractivity contribution in [2.45, 2.75) is 6.18 Å². The number of allylic oxidation sites excluding steroid dienone is 1. The lowest BCUT2D eigenvalue weighted by Crippen LogP contribution is -2.04. The van der Waals surface area contributed by atoms with E-state index >= 15 is 0 Å². The number of hydrogen-bond donors (Lipinski definition) is 0. The lowest BCUT2D eigenvalue weighted by Gasteiger charge is -2.09. The van der Waals surface area contributed by atoms with Crippen molar-refractivity contribution in [3.63, 3.8) is 0 Å². The Hall–Kier alpha value is -3.65. The van der Waals surface area contributed by atoms with Gasteiger partial charge in [0, 0.05) is 26.9 Å². The van der Waals surface area contributed by atoms with E-state index in [-0.39, 0.29) is 33.2 Å². The molecule has 0 atom stereocenters. The van der Waals surface area contributed by atoms with Gasteiger partial charge in [0.25, 0.3) is 0 Å². The van der Waals surface area contributed by atoms with Gasteiger partial charge in [-0.25, -0.2) is 9.78 Å². The minimum Gasteiger partial charge on any atom is -0.457 e. The molecule has 37 heavy (non-hydrogen) atoms. The third-order valence-electron chi connectivity index (χ3n) is 5.30. The maximum absolute atomic E-state index is 13.1. The molecule has 5 aromatic rings. The van der Waals surface area contributed by atoms with Crippen LogP contribution in [0, 0.1) is 11.3 Å². The van der Waals surface area contributed by atoms with Crippen LogP contribution >= 0.6 is 38.9 Å². The Morgan fingerprint density at radius 1 is 1.08 bits per heavy atom. The zero-order valence-electron chi connectivity index (χ0n) is 18.3. The molecule has 0 amide bonds. The van der Waals surface area contributed by atoms with Gasteiger partial charge in [-0.15, -0.1) is 11.3 Å². The van der Waals surface area contributed by atoms with Crippen LogP contribution in [0.3, 0.4) is 0 Å². The van der Waals surface area contributed by atoms with Crippen molar-refractivity contribution in [2.24, 2.45) is 0 Å². The molecule has 0 radical (unpaired) electrons. The summed E-state index contributed by atoms with van der Waals surface area (Å²) in [5, 5.41) is 12.5. The Balaban J connectivity index is 1.48. The molecular formula is C26H11BrClF3N2O3S. The molecular weight excluding hydrogens is 593 g/mol. The van der Waals surface area contributed by atoms with Crippen LogP contribution in [0.25, 0.3) is 45.2 Å². The van der Waals surface area contributed by atoms with Crippen molar-refractivity contribution in [3.05, 3.63) is 96.2 Å². The Kier molecular flexibility index (Phi) is 6.54. The minimum absolute atomic E-state index is 0.0702. The second-order valence-corrected chi connectivity index (χ2v) is 9.91. The van der Waals surface area contributed by atoms with Gasteiger partial charge < -0.3 is 8.83 Å². The highest BCUT2D eigenvalue weighted by Gasteiger charge is 2.31. The monoisotopic (exact) mass is 602 g/mol. The normalized spacial score (nSPS) is 12.2. The Bertz CT molecular complexity index is 1800. The van der Waals surface area contributed by atoms with Gasteiger partial charge >= 0.3 is 11.8 Å². The second kappa shape index (κ2) is 9.67. The van der Waals surface area contributed by atoms with E-state index in [1.54, 1.807) is 29.6 Å². The van der Waals surface area contributed by atoms with Crippen molar-refractivity contribution in [3.8, 4) is 28.7 Å². The first-order chi connectivity index (χ1) is 17.6. The predicted octanol–water partition coefficient (Wildman–Crippen LogP) is 8.68. The van der Waals surface area contributed by atoms with Gasteiger partial charge in [-0.2, -0.15) is 18.4 Å². The molecule has 0 N–H and O–H groups in total. The molecule has 184 valence electrons. The topological polar surface area (TPSA) is 80.0 Å². The first-order valence-electron chi connectivity index (χ1n) is 10.4. The molecule has 0 fully saturated rings. The zero-order valence-corrected chi connectivity index (χ0v) is 21.4. The molecule has 5 rings (SSSR count). The molecule has 0 aliphatic carbocycles. The van der Waals surface area contributed by atoms with Crippen molar-refractivity contribution in [1.82, 2.24) is 4.98 Å². The standard InChI is InChI=1S/C26H11BrClF3N2O3S/c27-16-2-5-22-13(7-16)9-19(25(34)36-22)21-12-37-24(33-21)14(11-32)8-17-3-6-23(35-17)18-10-15(26(29,30)31)1-4-20(18)28/h1-10,12H. The molecule has 5 nitrogen and oxygen atoms in total. The smallest absolute Gasteiger partial charge is 0.416 e. The number of halogens is 5. The summed E-state index contributed by atoms with van der Waals surface area (Å²) in [4.78, 5) is 16.9. The summed E-state index contributed by atoms with van der Waals surface area (Å²) in [5.74, 6) is 0.325. The first kappa shape index (κ1) is 25.0. The van der Waals surface area contributed by atoms with Gasteiger partial charge in [0.2, 0.25) is 0 Å². The predicted molar refractivity (Wildman–Crippen MR) is 139 cm³/mol. The van der Waals surface area contributed by atoms with Crippen molar-refractivity contribution in [2.75, 3.05) is 0 Å². The summed E-state index contributed by atoms with van der Waals surface area (Å²) in [7, 11) is 0. The van der Waals surface area contributed by atoms with E-state index in [9.17, 15) is 23.2 Å². The molecule has 0 aliphatic heterocycles. The summed E-state index contributed by atoms with van der Waals surface area (Å²) in [6, 6.07) is 14.9. The molecule has 0 spiro atoms. The number of fused-ring (bicyclic) bond motifs is 1. The zero-order chi connectivity index (χ0) is 26.3. The highest BCUT2D eigenvalue weighted by Crippen LogP contribution is 2.37. The highest BCUT2D eigenvalue weighted by atomic mass is 79.9. The van der Waals surface area contributed by atoms with Crippen molar-refractivity contribution < 1.29 is 22.0 Å². The minimum atomic E-state index is -4.54. The third kappa shape index (κ3) is 5.11. The van der Waals surface area contributed by atoms with Crippen LogP contribution in [-0.2, 0) is 6.18 Å². The lowest BCUT2D eigenvalue weighted by atomic mass is 10.1.